The van der Waals surface area contributed by atoms with E-state index in [2.05, 4.69) is 35.3 Å². The number of phenolic OH excluding ortho intramolecular Hbond substituents is 1. The number of fused-ring (bicyclic) bond motifs is 1. The van der Waals surface area contributed by atoms with Gasteiger partial charge in [0.05, 0.1) is 13.2 Å². The molecule has 1 atom stereocenters. The van der Waals surface area contributed by atoms with Gasteiger partial charge in [-0.25, -0.2) is 0 Å². The van der Waals surface area contributed by atoms with Crippen molar-refractivity contribution < 1.29 is 19.4 Å². The molecule has 2 aromatic carbocycles. The standard InChI is InChI=1S/C29H39N3O4/c1-5-6-7-8-26(33)32-12-11-22-9-10-23(31-13-15-36-16-14-31)18-24(22)27(32)29(35)30-25-17-19(2)28(34)21(4)20(25)3/h9-10,17-18,27,34H,5-8,11-16H2,1-4H3,(H,30,35). The fourth-order valence-electron chi connectivity index (χ4n) is 5.24. The molecule has 0 saturated carbocycles. The summed E-state index contributed by atoms with van der Waals surface area (Å²) >= 11 is 0. The van der Waals surface area contributed by atoms with Crippen LogP contribution in [0.15, 0.2) is 24.3 Å². The van der Waals surface area contributed by atoms with Crippen LogP contribution in [0, 0.1) is 20.8 Å². The lowest BCUT2D eigenvalue weighted by Crippen LogP contribution is -2.45. The Morgan fingerprint density at radius 2 is 1.81 bits per heavy atom. The van der Waals surface area contributed by atoms with Crippen LogP contribution in [-0.2, 0) is 20.7 Å². The van der Waals surface area contributed by atoms with Gasteiger partial charge < -0.3 is 25.0 Å². The number of aryl methyl sites for hydroxylation is 1. The van der Waals surface area contributed by atoms with E-state index in [1.54, 1.807) is 11.0 Å². The number of nitrogens with one attached hydrogen (secondary N) is 1. The monoisotopic (exact) mass is 493 g/mol. The van der Waals surface area contributed by atoms with Crippen LogP contribution < -0.4 is 10.2 Å². The second-order valence-electron chi connectivity index (χ2n) is 10.0. The molecule has 0 radical (unpaired) electrons. The molecule has 2 N–H and O–H groups in total. The van der Waals surface area contributed by atoms with Crippen molar-refractivity contribution in [2.24, 2.45) is 0 Å². The SMILES string of the molecule is CCCCCC(=O)N1CCc2ccc(N3CCOCC3)cc2C1C(=O)Nc1cc(C)c(O)c(C)c1C. The largest absolute Gasteiger partial charge is 0.507 e. The van der Waals surface area contributed by atoms with Gasteiger partial charge in [0.15, 0.2) is 0 Å². The minimum absolute atomic E-state index is 0.0285. The first-order valence-corrected chi connectivity index (χ1v) is 13.2. The van der Waals surface area contributed by atoms with E-state index in [0.717, 1.165) is 66.7 Å². The lowest BCUT2D eigenvalue weighted by Gasteiger charge is -2.38. The zero-order valence-corrected chi connectivity index (χ0v) is 22.0. The molecule has 4 rings (SSSR count). The van der Waals surface area contributed by atoms with E-state index in [1.165, 1.54) is 0 Å². The Bertz CT molecular complexity index is 1120. The molecule has 2 amide bonds. The zero-order chi connectivity index (χ0) is 25.8. The van der Waals surface area contributed by atoms with Gasteiger partial charge >= 0.3 is 0 Å². The van der Waals surface area contributed by atoms with Gasteiger partial charge in [0.25, 0.3) is 5.91 Å². The summed E-state index contributed by atoms with van der Waals surface area (Å²) in [5.41, 5.74) is 6.02. The highest BCUT2D eigenvalue weighted by molar-refractivity contribution is 5.99. The number of hydrogen-bond acceptors (Lipinski definition) is 5. The minimum Gasteiger partial charge on any atom is -0.507 e. The van der Waals surface area contributed by atoms with Crippen LogP contribution in [0.2, 0.25) is 0 Å². The molecule has 0 aromatic heterocycles. The van der Waals surface area contributed by atoms with Crippen molar-refractivity contribution >= 4 is 23.2 Å². The van der Waals surface area contributed by atoms with E-state index >= 15 is 0 Å². The number of hydrogen-bond donors (Lipinski definition) is 2. The highest BCUT2D eigenvalue weighted by atomic mass is 16.5. The van der Waals surface area contributed by atoms with E-state index in [4.69, 9.17) is 4.74 Å². The van der Waals surface area contributed by atoms with Crippen molar-refractivity contribution in [1.82, 2.24) is 4.90 Å². The fourth-order valence-corrected chi connectivity index (χ4v) is 5.24. The summed E-state index contributed by atoms with van der Waals surface area (Å²) in [5, 5.41) is 13.4. The Kier molecular flexibility index (Phi) is 8.19. The Hall–Kier alpha value is -3.06. The Morgan fingerprint density at radius 1 is 1.06 bits per heavy atom. The Balaban J connectivity index is 1.70. The number of aromatic hydroxyl groups is 1. The molecular weight excluding hydrogens is 454 g/mol. The zero-order valence-electron chi connectivity index (χ0n) is 22.0. The molecule has 0 spiro atoms. The average Bonchev–Trinajstić information content (AvgIpc) is 2.90. The summed E-state index contributed by atoms with van der Waals surface area (Å²) < 4.78 is 5.52. The van der Waals surface area contributed by atoms with Crippen LogP contribution >= 0.6 is 0 Å². The van der Waals surface area contributed by atoms with Crippen molar-refractivity contribution in [3.05, 3.63) is 52.1 Å². The molecule has 0 aliphatic carbocycles. The van der Waals surface area contributed by atoms with Crippen LogP contribution in [-0.4, -0.2) is 54.7 Å². The quantitative estimate of drug-likeness (QED) is 0.428. The number of rotatable bonds is 7. The lowest BCUT2D eigenvalue weighted by molar-refractivity contribution is -0.139. The van der Waals surface area contributed by atoms with Gasteiger partial charge in [-0.15, -0.1) is 0 Å². The summed E-state index contributed by atoms with van der Waals surface area (Å²) in [4.78, 5) is 31.3. The molecule has 1 saturated heterocycles. The summed E-state index contributed by atoms with van der Waals surface area (Å²) in [7, 11) is 0. The Labute approximate surface area is 214 Å². The number of carbonyl (C=O) groups excluding carboxylic acids is 2. The minimum atomic E-state index is -0.697. The lowest BCUT2D eigenvalue weighted by atomic mass is 9.90. The third kappa shape index (κ3) is 5.36. The first kappa shape index (κ1) is 26.0. The van der Waals surface area contributed by atoms with Crippen molar-refractivity contribution in [3.63, 3.8) is 0 Å². The van der Waals surface area contributed by atoms with Crippen molar-refractivity contribution in [3.8, 4) is 5.75 Å². The van der Waals surface area contributed by atoms with E-state index in [-0.39, 0.29) is 17.6 Å². The summed E-state index contributed by atoms with van der Waals surface area (Å²) in [6.45, 7) is 11.2. The van der Waals surface area contributed by atoms with Gasteiger partial charge in [0, 0.05) is 37.4 Å². The van der Waals surface area contributed by atoms with Crippen molar-refractivity contribution in [1.29, 1.82) is 0 Å². The molecular formula is C29H39N3O4. The van der Waals surface area contributed by atoms with Crippen LogP contribution in [0.25, 0.3) is 0 Å². The number of unbranched alkanes of at least 4 members (excludes halogenated alkanes) is 2. The number of anilines is 2. The van der Waals surface area contributed by atoms with E-state index < -0.39 is 6.04 Å². The highest BCUT2D eigenvalue weighted by Crippen LogP contribution is 2.36. The third-order valence-electron chi connectivity index (χ3n) is 7.61. The predicted octanol–water partition coefficient (Wildman–Crippen LogP) is 4.80. The van der Waals surface area contributed by atoms with Crippen LogP contribution in [0.4, 0.5) is 11.4 Å². The molecule has 36 heavy (non-hydrogen) atoms. The molecule has 0 bridgehead atoms. The van der Waals surface area contributed by atoms with Gasteiger partial charge in [-0.3, -0.25) is 9.59 Å². The fraction of sp³-hybridized carbons (Fsp3) is 0.517. The topological polar surface area (TPSA) is 82.1 Å². The van der Waals surface area contributed by atoms with Gasteiger partial charge in [-0.2, -0.15) is 0 Å². The van der Waals surface area contributed by atoms with Gasteiger partial charge in [-0.1, -0.05) is 25.8 Å². The van der Waals surface area contributed by atoms with Crippen LogP contribution in [0.3, 0.4) is 0 Å². The van der Waals surface area contributed by atoms with E-state index in [0.29, 0.717) is 37.4 Å². The van der Waals surface area contributed by atoms with E-state index in [1.807, 2.05) is 20.8 Å². The second-order valence-corrected chi connectivity index (χ2v) is 10.0. The smallest absolute Gasteiger partial charge is 0.251 e. The molecule has 2 aromatic rings. The number of phenols is 1. The Morgan fingerprint density at radius 3 is 2.53 bits per heavy atom. The molecule has 1 fully saturated rings. The molecule has 2 heterocycles. The number of nitrogens with zero attached hydrogens (tertiary/aromatic N) is 2. The molecule has 2 aliphatic heterocycles. The molecule has 2 aliphatic rings. The maximum absolute atomic E-state index is 13.9. The van der Waals surface area contributed by atoms with Gasteiger partial charge in [0.2, 0.25) is 5.91 Å². The van der Waals surface area contributed by atoms with Crippen LogP contribution in [0.1, 0.15) is 66.5 Å². The highest BCUT2D eigenvalue weighted by Gasteiger charge is 2.36. The normalized spacial score (nSPS) is 17.6. The predicted molar refractivity (Wildman–Crippen MR) is 143 cm³/mol. The first-order valence-electron chi connectivity index (χ1n) is 13.2. The van der Waals surface area contributed by atoms with Crippen molar-refractivity contribution in [2.45, 2.75) is 65.8 Å². The number of morpholine rings is 1. The van der Waals surface area contributed by atoms with Gasteiger partial charge in [-0.05, 0) is 79.6 Å². The summed E-state index contributed by atoms with van der Waals surface area (Å²) in [6.07, 6.45) is 4.06. The summed E-state index contributed by atoms with van der Waals surface area (Å²) in [6, 6.07) is 7.43. The van der Waals surface area contributed by atoms with Crippen LogP contribution in [0.5, 0.6) is 5.75 Å². The number of benzene rings is 2. The molecule has 7 heteroatoms. The third-order valence-corrected chi connectivity index (χ3v) is 7.61. The first-order chi connectivity index (χ1) is 17.3. The van der Waals surface area contributed by atoms with E-state index in [9.17, 15) is 14.7 Å². The number of ether oxygens (including phenoxy) is 1. The molecule has 1 unspecified atom stereocenters. The number of carbonyl (C=O) groups is 2. The summed E-state index contributed by atoms with van der Waals surface area (Å²) in [5.74, 6) is 0.0590. The maximum Gasteiger partial charge on any atom is 0.251 e. The number of amides is 2. The average molecular weight is 494 g/mol. The maximum atomic E-state index is 13.9. The van der Waals surface area contributed by atoms with Gasteiger partial charge in [0.1, 0.15) is 11.8 Å². The molecule has 7 nitrogen and oxygen atoms in total. The van der Waals surface area contributed by atoms with Crippen molar-refractivity contribution in [2.75, 3.05) is 43.1 Å². The second kappa shape index (κ2) is 11.3. The molecule has 194 valence electrons.